The molecule has 1 rings (SSSR count). The molecule has 0 unspecified atom stereocenters. The molecule has 1 aromatic rings. The molecule has 0 spiro atoms. The highest BCUT2D eigenvalue weighted by atomic mass is 16.5. The molecule has 0 heterocycles. The summed E-state index contributed by atoms with van der Waals surface area (Å²) in [5.41, 5.74) is 0.633. The number of aliphatic hydroxyl groups is 1. The Morgan fingerprint density at radius 3 is 2.25 bits per heavy atom. The summed E-state index contributed by atoms with van der Waals surface area (Å²) in [6.45, 7) is 7.01. The third kappa shape index (κ3) is 4.23. The molecule has 4 heteroatoms. The Balaban J connectivity index is 2.87. The third-order valence-electron chi connectivity index (χ3n) is 3.40. The normalized spacial score (nSPS) is 10.7. The van der Waals surface area contributed by atoms with Crippen LogP contribution in [0.15, 0.2) is 24.3 Å². The fourth-order valence-electron chi connectivity index (χ4n) is 2.31. The Morgan fingerprint density at radius 1 is 1.20 bits per heavy atom. The van der Waals surface area contributed by atoms with Crippen molar-refractivity contribution in [1.82, 2.24) is 4.90 Å². The van der Waals surface area contributed by atoms with Crippen LogP contribution >= 0.6 is 0 Å². The fourth-order valence-corrected chi connectivity index (χ4v) is 2.31. The summed E-state index contributed by atoms with van der Waals surface area (Å²) < 4.78 is 5.37. The van der Waals surface area contributed by atoms with Crippen molar-refractivity contribution in [2.75, 3.05) is 19.8 Å². The second-order valence-electron chi connectivity index (χ2n) is 4.65. The predicted octanol–water partition coefficient (Wildman–Crippen LogP) is 2.71. The van der Waals surface area contributed by atoms with Crippen molar-refractivity contribution in [1.29, 1.82) is 0 Å². The van der Waals surface area contributed by atoms with Gasteiger partial charge in [0.2, 0.25) is 0 Å². The van der Waals surface area contributed by atoms with Crippen LogP contribution in [0.1, 0.15) is 44.0 Å². The average Bonchev–Trinajstić information content (AvgIpc) is 2.48. The van der Waals surface area contributed by atoms with E-state index in [1.54, 1.807) is 29.2 Å². The number of aliphatic hydroxyl groups excluding tert-OH is 1. The number of hydrogen-bond acceptors (Lipinski definition) is 3. The molecule has 0 aliphatic carbocycles. The second kappa shape index (κ2) is 8.59. The van der Waals surface area contributed by atoms with Crippen LogP contribution in [0.2, 0.25) is 0 Å². The quantitative estimate of drug-likeness (QED) is 0.796. The fraction of sp³-hybridized carbons (Fsp3) is 0.562. The number of ether oxygens (including phenoxy) is 1. The predicted molar refractivity (Wildman–Crippen MR) is 80.1 cm³/mol. The van der Waals surface area contributed by atoms with Crippen molar-refractivity contribution in [3.8, 4) is 5.75 Å². The first-order chi connectivity index (χ1) is 9.67. The molecule has 4 nitrogen and oxygen atoms in total. The lowest BCUT2D eigenvalue weighted by molar-refractivity contribution is 0.0622. The second-order valence-corrected chi connectivity index (χ2v) is 4.65. The summed E-state index contributed by atoms with van der Waals surface area (Å²) in [6, 6.07) is 7.34. The minimum Gasteiger partial charge on any atom is -0.494 e. The zero-order valence-corrected chi connectivity index (χ0v) is 12.6. The minimum absolute atomic E-state index is 0.0146. The van der Waals surface area contributed by atoms with Gasteiger partial charge in [-0.25, -0.2) is 0 Å². The standard InChI is InChI=1S/C16H25NO3/c1-4-14(5-2)17(11-12-18)16(19)13-7-9-15(10-8-13)20-6-3/h7-10,14,18H,4-6,11-12H2,1-3H3. The molecule has 112 valence electrons. The van der Waals surface area contributed by atoms with Crippen LogP contribution in [0.4, 0.5) is 0 Å². The number of rotatable bonds is 8. The van der Waals surface area contributed by atoms with Crippen molar-refractivity contribution in [3.05, 3.63) is 29.8 Å². The summed E-state index contributed by atoms with van der Waals surface area (Å²) in [6.07, 6.45) is 1.78. The maximum Gasteiger partial charge on any atom is 0.254 e. The van der Waals surface area contributed by atoms with Crippen LogP contribution in [0, 0.1) is 0 Å². The maximum atomic E-state index is 12.5. The molecule has 0 atom stereocenters. The van der Waals surface area contributed by atoms with Gasteiger partial charge in [0, 0.05) is 18.2 Å². The maximum absolute atomic E-state index is 12.5. The lowest BCUT2D eigenvalue weighted by Gasteiger charge is -2.30. The highest BCUT2D eigenvalue weighted by molar-refractivity contribution is 5.94. The van der Waals surface area contributed by atoms with E-state index in [-0.39, 0.29) is 18.6 Å². The van der Waals surface area contributed by atoms with Crippen molar-refractivity contribution >= 4 is 5.91 Å². The van der Waals surface area contributed by atoms with Gasteiger partial charge < -0.3 is 14.7 Å². The van der Waals surface area contributed by atoms with E-state index in [4.69, 9.17) is 4.74 Å². The molecule has 0 aromatic heterocycles. The first kappa shape index (κ1) is 16.5. The molecule has 1 N–H and O–H groups in total. The zero-order valence-electron chi connectivity index (χ0n) is 12.6. The Bertz CT molecular complexity index is 399. The number of carbonyl (C=O) groups is 1. The van der Waals surface area contributed by atoms with E-state index in [1.807, 2.05) is 6.92 Å². The Kier molecular flexibility index (Phi) is 7.09. The summed E-state index contributed by atoms with van der Waals surface area (Å²) in [5, 5.41) is 9.17. The van der Waals surface area contributed by atoms with Crippen molar-refractivity contribution in [2.24, 2.45) is 0 Å². The molecule has 0 aliphatic heterocycles. The van der Waals surface area contributed by atoms with Gasteiger partial charge in [-0.1, -0.05) is 13.8 Å². The monoisotopic (exact) mass is 279 g/mol. The molecular weight excluding hydrogens is 254 g/mol. The zero-order chi connectivity index (χ0) is 15.0. The molecule has 20 heavy (non-hydrogen) atoms. The number of amides is 1. The highest BCUT2D eigenvalue weighted by Gasteiger charge is 2.21. The van der Waals surface area contributed by atoms with Gasteiger partial charge in [0.15, 0.2) is 0 Å². The van der Waals surface area contributed by atoms with Crippen LogP contribution < -0.4 is 4.74 Å². The lowest BCUT2D eigenvalue weighted by atomic mass is 10.1. The first-order valence-corrected chi connectivity index (χ1v) is 7.32. The topological polar surface area (TPSA) is 49.8 Å². The van der Waals surface area contributed by atoms with E-state index in [0.29, 0.717) is 18.7 Å². The van der Waals surface area contributed by atoms with Crippen molar-refractivity contribution in [2.45, 2.75) is 39.7 Å². The van der Waals surface area contributed by atoms with E-state index in [1.165, 1.54) is 0 Å². The molecule has 0 bridgehead atoms. The van der Waals surface area contributed by atoms with E-state index >= 15 is 0 Å². The van der Waals surface area contributed by atoms with Crippen LogP contribution in [0.25, 0.3) is 0 Å². The summed E-state index contributed by atoms with van der Waals surface area (Å²) in [5.74, 6) is 0.732. The highest BCUT2D eigenvalue weighted by Crippen LogP contribution is 2.17. The van der Waals surface area contributed by atoms with Gasteiger partial charge in [0.05, 0.1) is 13.2 Å². The first-order valence-electron chi connectivity index (χ1n) is 7.32. The van der Waals surface area contributed by atoms with Gasteiger partial charge in [-0.3, -0.25) is 4.79 Å². The largest absolute Gasteiger partial charge is 0.494 e. The molecule has 1 aromatic carbocycles. The number of carbonyl (C=O) groups excluding carboxylic acids is 1. The summed E-state index contributed by atoms with van der Waals surface area (Å²) >= 11 is 0. The van der Waals surface area contributed by atoms with Gasteiger partial charge in [-0.15, -0.1) is 0 Å². The molecule has 0 fully saturated rings. The molecular formula is C16H25NO3. The van der Waals surface area contributed by atoms with Crippen molar-refractivity contribution < 1.29 is 14.6 Å². The smallest absolute Gasteiger partial charge is 0.254 e. The van der Waals surface area contributed by atoms with Gasteiger partial charge in [-0.05, 0) is 44.0 Å². The van der Waals surface area contributed by atoms with E-state index in [2.05, 4.69) is 13.8 Å². The van der Waals surface area contributed by atoms with Gasteiger partial charge >= 0.3 is 0 Å². The van der Waals surface area contributed by atoms with E-state index in [0.717, 1.165) is 18.6 Å². The SMILES string of the molecule is CCOc1ccc(C(=O)N(CCO)C(CC)CC)cc1. The molecule has 0 aliphatic rings. The van der Waals surface area contributed by atoms with Gasteiger partial charge in [0.25, 0.3) is 5.91 Å². The number of hydrogen-bond donors (Lipinski definition) is 1. The Labute approximate surface area is 121 Å². The van der Waals surface area contributed by atoms with Crippen LogP contribution in [-0.2, 0) is 0 Å². The van der Waals surface area contributed by atoms with Gasteiger partial charge in [0.1, 0.15) is 5.75 Å². The van der Waals surface area contributed by atoms with E-state index in [9.17, 15) is 9.90 Å². The number of benzene rings is 1. The average molecular weight is 279 g/mol. The van der Waals surface area contributed by atoms with Gasteiger partial charge in [-0.2, -0.15) is 0 Å². The minimum atomic E-state index is -0.0317. The molecule has 0 saturated heterocycles. The molecule has 1 amide bonds. The third-order valence-corrected chi connectivity index (χ3v) is 3.40. The molecule has 0 saturated carbocycles. The number of nitrogens with zero attached hydrogens (tertiary/aromatic N) is 1. The van der Waals surface area contributed by atoms with Crippen molar-refractivity contribution in [3.63, 3.8) is 0 Å². The summed E-state index contributed by atoms with van der Waals surface area (Å²) in [4.78, 5) is 14.3. The van der Waals surface area contributed by atoms with Crippen LogP contribution in [0.5, 0.6) is 5.75 Å². The lowest BCUT2D eigenvalue weighted by Crippen LogP contribution is -2.41. The van der Waals surface area contributed by atoms with Crippen LogP contribution in [0.3, 0.4) is 0 Å². The summed E-state index contributed by atoms with van der Waals surface area (Å²) in [7, 11) is 0. The Hall–Kier alpha value is -1.55. The van der Waals surface area contributed by atoms with Crippen LogP contribution in [-0.4, -0.2) is 41.7 Å². The van der Waals surface area contributed by atoms with E-state index < -0.39 is 0 Å². The molecule has 0 radical (unpaired) electrons. The Morgan fingerprint density at radius 2 is 1.80 bits per heavy atom.